The Labute approximate surface area is 186 Å². The SMILES string of the molecule is C[C@H](CS)N(CCN1CCCCC1)S(=O)(=O)c1ccc(-c2ccccc2S)cc1. The fourth-order valence-corrected chi connectivity index (χ4v) is 5.97. The van der Waals surface area contributed by atoms with Crippen LogP contribution in [0.3, 0.4) is 0 Å². The molecule has 1 saturated heterocycles. The quantitative estimate of drug-likeness (QED) is 0.584. The van der Waals surface area contributed by atoms with Crippen molar-refractivity contribution in [2.45, 2.75) is 42.0 Å². The molecule has 2 aromatic carbocycles. The van der Waals surface area contributed by atoms with Gasteiger partial charge in [-0.05, 0) is 62.2 Å². The van der Waals surface area contributed by atoms with Crippen LogP contribution in [0.2, 0.25) is 0 Å². The zero-order chi connectivity index (χ0) is 20.9. The third-order valence-corrected chi connectivity index (χ3v) is 8.46. The van der Waals surface area contributed by atoms with Crippen molar-refractivity contribution >= 4 is 35.3 Å². The summed E-state index contributed by atoms with van der Waals surface area (Å²) >= 11 is 8.87. The lowest BCUT2D eigenvalue weighted by Gasteiger charge is -2.32. The number of hydrogen-bond acceptors (Lipinski definition) is 5. The summed E-state index contributed by atoms with van der Waals surface area (Å²) in [4.78, 5) is 3.56. The molecule has 1 aliphatic heterocycles. The minimum absolute atomic E-state index is 0.161. The van der Waals surface area contributed by atoms with Gasteiger partial charge in [-0.1, -0.05) is 36.8 Å². The van der Waals surface area contributed by atoms with Gasteiger partial charge in [0.05, 0.1) is 4.90 Å². The highest BCUT2D eigenvalue weighted by Gasteiger charge is 2.29. The second-order valence-electron chi connectivity index (χ2n) is 7.59. The number of rotatable bonds is 8. The number of sulfonamides is 1. The summed E-state index contributed by atoms with van der Waals surface area (Å²) in [5.74, 6) is 0.490. The molecule has 0 N–H and O–H groups in total. The molecule has 7 heteroatoms. The Bertz CT molecular complexity index is 895. The minimum Gasteiger partial charge on any atom is -0.302 e. The molecule has 0 amide bonds. The van der Waals surface area contributed by atoms with E-state index >= 15 is 0 Å². The predicted octanol–water partition coefficient (Wildman–Crippen LogP) is 4.44. The van der Waals surface area contributed by atoms with Crippen molar-refractivity contribution in [3.63, 3.8) is 0 Å². The number of hydrogen-bond donors (Lipinski definition) is 2. The lowest BCUT2D eigenvalue weighted by molar-refractivity contribution is 0.205. The van der Waals surface area contributed by atoms with E-state index in [2.05, 4.69) is 30.2 Å². The normalized spacial score (nSPS) is 16.8. The fourth-order valence-electron chi connectivity index (χ4n) is 3.75. The summed E-state index contributed by atoms with van der Waals surface area (Å²) in [6.45, 7) is 5.29. The van der Waals surface area contributed by atoms with Gasteiger partial charge in [-0.15, -0.1) is 12.6 Å². The molecule has 1 heterocycles. The Balaban J connectivity index is 1.80. The van der Waals surface area contributed by atoms with E-state index in [9.17, 15) is 8.42 Å². The molecule has 3 rings (SSSR count). The van der Waals surface area contributed by atoms with Gasteiger partial charge in [-0.2, -0.15) is 16.9 Å². The summed E-state index contributed by atoms with van der Waals surface area (Å²) in [5.41, 5.74) is 1.95. The monoisotopic (exact) mass is 450 g/mol. The van der Waals surface area contributed by atoms with E-state index in [-0.39, 0.29) is 6.04 Å². The first-order valence-corrected chi connectivity index (χ1v) is 12.7. The highest BCUT2D eigenvalue weighted by atomic mass is 32.2. The molecule has 2 aromatic rings. The van der Waals surface area contributed by atoms with Crippen molar-refractivity contribution in [3.05, 3.63) is 48.5 Å². The van der Waals surface area contributed by atoms with Gasteiger partial charge in [0.1, 0.15) is 0 Å². The maximum Gasteiger partial charge on any atom is 0.243 e. The molecule has 0 aliphatic carbocycles. The van der Waals surface area contributed by atoms with E-state index in [1.165, 1.54) is 19.3 Å². The number of benzene rings is 2. The van der Waals surface area contributed by atoms with Crippen LogP contribution in [0.4, 0.5) is 0 Å². The summed E-state index contributed by atoms with van der Waals surface area (Å²) in [5, 5.41) is 0. The van der Waals surface area contributed by atoms with Gasteiger partial charge in [0.2, 0.25) is 10.0 Å². The largest absolute Gasteiger partial charge is 0.302 e. The van der Waals surface area contributed by atoms with E-state index < -0.39 is 10.0 Å². The molecular formula is C22H30N2O2S3. The molecule has 0 saturated carbocycles. The molecule has 1 fully saturated rings. The van der Waals surface area contributed by atoms with Crippen LogP contribution in [0, 0.1) is 0 Å². The Morgan fingerprint density at radius 3 is 2.31 bits per heavy atom. The van der Waals surface area contributed by atoms with Crippen molar-refractivity contribution in [1.82, 2.24) is 9.21 Å². The summed E-state index contributed by atoms with van der Waals surface area (Å²) < 4.78 is 28.4. The van der Waals surface area contributed by atoms with Gasteiger partial charge in [-0.3, -0.25) is 0 Å². The topological polar surface area (TPSA) is 40.6 Å². The second kappa shape index (κ2) is 10.4. The highest BCUT2D eigenvalue weighted by molar-refractivity contribution is 7.89. The first-order valence-electron chi connectivity index (χ1n) is 10.2. The first-order chi connectivity index (χ1) is 13.9. The number of piperidine rings is 1. The molecule has 29 heavy (non-hydrogen) atoms. The second-order valence-corrected chi connectivity index (χ2v) is 10.3. The molecule has 0 spiro atoms. The number of likely N-dealkylation sites (tertiary alicyclic amines) is 1. The van der Waals surface area contributed by atoms with Crippen LogP contribution in [0.5, 0.6) is 0 Å². The van der Waals surface area contributed by atoms with E-state index in [1.54, 1.807) is 16.4 Å². The maximum absolute atomic E-state index is 13.4. The third kappa shape index (κ3) is 5.58. The van der Waals surface area contributed by atoms with Crippen LogP contribution in [-0.2, 0) is 10.0 Å². The van der Waals surface area contributed by atoms with Crippen LogP contribution in [0.15, 0.2) is 58.3 Å². The van der Waals surface area contributed by atoms with Crippen molar-refractivity contribution < 1.29 is 8.42 Å². The maximum atomic E-state index is 13.4. The fraction of sp³-hybridized carbons (Fsp3) is 0.455. The van der Waals surface area contributed by atoms with Gasteiger partial charge in [0, 0.05) is 29.8 Å². The first kappa shape index (κ1) is 22.7. The number of thiol groups is 2. The molecule has 0 unspecified atom stereocenters. The van der Waals surface area contributed by atoms with Crippen molar-refractivity contribution in [2.75, 3.05) is 31.9 Å². The van der Waals surface area contributed by atoms with E-state index in [1.807, 2.05) is 43.3 Å². The third-order valence-electron chi connectivity index (χ3n) is 5.52. The summed E-state index contributed by atoms with van der Waals surface area (Å²) in [6.07, 6.45) is 3.67. The lowest BCUT2D eigenvalue weighted by atomic mass is 10.1. The van der Waals surface area contributed by atoms with Crippen molar-refractivity contribution in [2.24, 2.45) is 0 Å². The molecule has 0 radical (unpaired) electrons. The average Bonchev–Trinajstić information content (AvgIpc) is 2.74. The zero-order valence-corrected chi connectivity index (χ0v) is 19.5. The van der Waals surface area contributed by atoms with E-state index in [0.29, 0.717) is 17.2 Å². The van der Waals surface area contributed by atoms with Crippen molar-refractivity contribution in [1.29, 1.82) is 0 Å². The predicted molar refractivity (Wildman–Crippen MR) is 127 cm³/mol. The van der Waals surface area contributed by atoms with Gasteiger partial charge < -0.3 is 4.90 Å². The Hall–Kier alpha value is -0.990. The smallest absolute Gasteiger partial charge is 0.243 e. The minimum atomic E-state index is -3.58. The standard InChI is InChI=1S/C22H30N2O2S3/c1-18(17-27)24(16-15-23-13-5-2-6-14-23)29(25,26)20-11-9-19(10-12-20)21-7-3-4-8-22(21)28/h3-4,7-12,18,27-28H,2,5-6,13-17H2,1H3/t18-/m1/s1. The highest BCUT2D eigenvalue weighted by Crippen LogP contribution is 2.28. The molecule has 0 aromatic heterocycles. The molecular weight excluding hydrogens is 420 g/mol. The van der Waals surface area contributed by atoms with Crippen LogP contribution in [-0.4, -0.2) is 55.6 Å². The van der Waals surface area contributed by atoms with Gasteiger partial charge in [0.25, 0.3) is 0 Å². The average molecular weight is 451 g/mol. The van der Waals surface area contributed by atoms with Gasteiger partial charge in [0.15, 0.2) is 0 Å². The molecule has 4 nitrogen and oxygen atoms in total. The Morgan fingerprint density at radius 1 is 1.03 bits per heavy atom. The van der Waals surface area contributed by atoms with Gasteiger partial charge >= 0.3 is 0 Å². The van der Waals surface area contributed by atoms with Crippen LogP contribution < -0.4 is 0 Å². The zero-order valence-electron chi connectivity index (χ0n) is 16.9. The van der Waals surface area contributed by atoms with Gasteiger partial charge in [-0.25, -0.2) is 8.42 Å². The molecule has 0 bridgehead atoms. The van der Waals surface area contributed by atoms with Crippen LogP contribution in [0.25, 0.3) is 11.1 Å². The molecule has 158 valence electrons. The van der Waals surface area contributed by atoms with Crippen LogP contribution >= 0.6 is 25.3 Å². The Kier molecular flexibility index (Phi) is 8.10. The molecule has 1 aliphatic rings. The van der Waals surface area contributed by atoms with Crippen LogP contribution in [0.1, 0.15) is 26.2 Å². The lowest BCUT2D eigenvalue weighted by Crippen LogP contribution is -2.45. The number of nitrogens with zero attached hydrogens (tertiary/aromatic N) is 2. The summed E-state index contributed by atoms with van der Waals surface area (Å²) in [6, 6.07) is 14.8. The van der Waals surface area contributed by atoms with Crippen molar-refractivity contribution in [3.8, 4) is 11.1 Å². The van der Waals surface area contributed by atoms with E-state index in [4.69, 9.17) is 0 Å². The summed E-state index contributed by atoms with van der Waals surface area (Å²) in [7, 11) is -3.58. The Morgan fingerprint density at radius 2 is 1.69 bits per heavy atom. The van der Waals surface area contributed by atoms with E-state index in [0.717, 1.165) is 35.7 Å². The molecule has 1 atom stereocenters.